The van der Waals surface area contributed by atoms with Crippen LogP contribution in [0.3, 0.4) is 0 Å². The van der Waals surface area contributed by atoms with Gasteiger partial charge in [0.05, 0.1) is 11.4 Å². The first-order chi connectivity index (χ1) is 15.7. The average molecular weight is 447 g/mol. The summed E-state index contributed by atoms with van der Waals surface area (Å²) in [6.07, 6.45) is 0. The standard InChI is InChI=1S/C26H26N2O5/c1-16-12-13-17(2)25(18(16)3)32-15-24(30)27-22-10-5-6-11-23(22)28-26(31)20-8-7-9-21(14-20)33-19(4)29/h5-14H,15H2,1-4H3,(H,27,30)(H,28,31). The van der Waals surface area contributed by atoms with Crippen LogP contribution in [0.1, 0.15) is 34.0 Å². The van der Waals surface area contributed by atoms with Crippen molar-refractivity contribution in [2.45, 2.75) is 27.7 Å². The van der Waals surface area contributed by atoms with Crippen molar-refractivity contribution in [3.8, 4) is 11.5 Å². The van der Waals surface area contributed by atoms with E-state index in [0.717, 1.165) is 16.7 Å². The van der Waals surface area contributed by atoms with Crippen molar-refractivity contribution in [2.75, 3.05) is 17.2 Å². The first-order valence-corrected chi connectivity index (χ1v) is 10.4. The van der Waals surface area contributed by atoms with E-state index < -0.39 is 11.9 Å². The summed E-state index contributed by atoms with van der Waals surface area (Å²) >= 11 is 0. The molecule has 0 unspecified atom stereocenters. The van der Waals surface area contributed by atoms with Gasteiger partial charge >= 0.3 is 5.97 Å². The van der Waals surface area contributed by atoms with E-state index in [1.54, 1.807) is 42.5 Å². The molecule has 0 saturated carbocycles. The summed E-state index contributed by atoms with van der Waals surface area (Å²) in [6, 6.07) is 17.1. The average Bonchev–Trinajstić information content (AvgIpc) is 2.77. The zero-order chi connectivity index (χ0) is 24.0. The maximum absolute atomic E-state index is 12.7. The highest BCUT2D eigenvalue weighted by molar-refractivity contribution is 6.07. The lowest BCUT2D eigenvalue weighted by molar-refractivity contribution is -0.131. The van der Waals surface area contributed by atoms with Gasteiger partial charge in [0.25, 0.3) is 11.8 Å². The molecule has 0 fully saturated rings. The maximum Gasteiger partial charge on any atom is 0.308 e. The Morgan fingerprint density at radius 3 is 2.18 bits per heavy atom. The molecule has 0 aromatic heterocycles. The fourth-order valence-electron chi connectivity index (χ4n) is 3.23. The lowest BCUT2D eigenvalue weighted by atomic mass is 10.1. The van der Waals surface area contributed by atoms with E-state index in [2.05, 4.69) is 10.6 Å². The van der Waals surface area contributed by atoms with Gasteiger partial charge in [-0.25, -0.2) is 0 Å². The van der Waals surface area contributed by atoms with Crippen LogP contribution in [-0.2, 0) is 9.59 Å². The summed E-state index contributed by atoms with van der Waals surface area (Å²) in [4.78, 5) is 36.4. The van der Waals surface area contributed by atoms with Gasteiger partial charge in [0, 0.05) is 12.5 Å². The molecular formula is C26H26N2O5. The molecule has 0 aliphatic carbocycles. The van der Waals surface area contributed by atoms with Gasteiger partial charge in [0.2, 0.25) is 0 Å². The number of esters is 1. The number of rotatable bonds is 7. The number of carbonyl (C=O) groups excluding carboxylic acids is 3. The normalized spacial score (nSPS) is 10.3. The summed E-state index contributed by atoms with van der Waals surface area (Å²) in [7, 11) is 0. The van der Waals surface area contributed by atoms with E-state index in [1.165, 1.54) is 13.0 Å². The van der Waals surface area contributed by atoms with E-state index in [1.807, 2.05) is 32.9 Å². The molecule has 0 heterocycles. The monoisotopic (exact) mass is 446 g/mol. The molecule has 3 rings (SSSR count). The number of para-hydroxylation sites is 2. The number of hydrogen-bond acceptors (Lipinski definition) is 5. The number of benzene rings is 3. The van der Waals surface area contributed by atoms with Crippen LogP contribution in [0.4, 0.5) is 11.4 Å². The molecule has 0 atom stereocenters. The highest BCUT2D eigenvalue weighted by Crippen LogP contribution is 2.26. The third-order valence-electron chi connectivity index (χ3n) is 5.03. The maximum atomic E-state index is 12.7. The summed E-state index contributed by atoms with van der Waals surface area (Å²) in [5.41, 5.74) is 4.20. The lowest BCUT2D eigenvalue weighted by Crippen LogP contribution is -2.22. The van der Waals surface area contributed by atoms with Crippen LogP contribution in [0, 0.1) is 20.8 Å². The molecule has 7 heteroatoms. The first kappa shape index (κ1) is 23.5. The van der Waals surface area contributed by atoms with Crippen LogP contribution in [0.15, 0.2) is 60.7 Å². The molecule has 170 valence electrons. The highest BCUT2D eigenvalue weighted by atomic mass is 16.5. The Bertz CT molecular complexity index is 1200. The van der Waals surface area contributed by atoms with Gasteiger partial charge in [-0.1, -0.05) is 30.3 Å². The number of carbonyl (C=O) groups is 3. The van der Waals surface area contributed by atoms with Crippen molar-refractivity contribution in [2.24, 2.45) is 0 Å². The van der Waals surface area contributed by atoms with Crippen molar-refractivity contribution in [3.05, 3.63) is 82.9 Å². The second kappa shape index (κ2) is 10.5. The van der Waals surface area contributed by atoms with Crippen LogP contribution in [0.25, 0.3) is 0 Å². The fraction of sp³-hybridized carbons (Fsp3) is 0.192. The molecule has 3 aromatic rings. The molecule has 0 spiro atoms. The molecule has 0 aliphatic heterocycles. The van der Waals surface area contributed by atoms with Crippen molar-refractivity contribution < 1.29 is 23.9 Å². The number of ether oxygens (including phenoxy) is 2. The van der Waals surface area contributed by atoms with E-state index in [4.69, 9.17) is 9.47 Å². The Kier molecular flexibility index (Phi) is 7.46. The quantitative estimate of drug-likeness (QED) is 0.401. The largest absolute Gasteiger partial charge is 0.483 e. The van der Waals surface area contributed by atoms with Gasteiger partial charge in [-0.3, -0.25) is 14.4 Å². The SMILES string of the molecule is CC(=O)Oc1cccc(C(=O)Nc2ccccc2NC(=O)COc2c(C)ccc(C)c2C)c1. The number of nitrogens with one attached hydrogen (secondary N) is 2. The molecule has 0 aliphatic rings. The van der Waals surface area contributed by atoms with Crippen molar-refractivity contribution >= 4 is 29.2 Å². The van der Waals surface area contributed by atoms with Gasteiger partial charge in [-0.15, -0.1) is 0 Å². The Morgan fingerprint density at radius 2 is 1.48 bits per heavy atom. The van der Waals surface area contributed by atoms with Crippen LogP contribution in [-0.4, -0.2) is 24.4 Å². The third-order valence-corrected chi connectivity index (χ3v) is 5.03. The van der Waals surface area contributed by atoms with Gasteiger partial charge in [-0.2, -0.15) is 0 Å². The number of amides is 2. The Balaban J connectivity index is 1.68. The molecule has 2 amide bonds. The minimum absolute atomic E-state index is 0.169. The van der Waals surface area contributed by atoms with Gasteiger partial charge in [0.1, 0.15) is 11.5 Å². The fourth-order valence-corrected chi connectivity index (χ4v) is 3.23. The van der Waals surface area contributed by atoms with Crippen LogP contribution < -0.4 is 20.1 Å². The van der Waals surface area contributed by atoms with Gasteiger partial charge in [0.15, 0.2) is 6.61 Å². The van der Waals surface area contributed by atoms with Crippen LogP contribution >= 0.6 is 0 Å². The summed E-state index contributed by atoms with van der Waals surface area (Å²) in [5.74, 6) is -0.268. The second-order valence-corrected chi connectivity index (χ2v) is 7.61. The third kappa shape index (κ3) is 6.20. The smallest absolute Gasteiger partial charge is 0.308 e. The summed E-state index contributed by atoms with van der Waals surface area (Å²) in [5, 5.41) is 5.56. The molecule has 0 bridgehead atoms. The zero-order valence-electron chi connectivity index (χ0n) is 19.0. The summed E-state index contributed by atoms with van der Waals surface area (Å²) in [6.45, 7) is 7.00. The topological polar surface area (TPSA) is 93.7 Å². The Labute approximate surface area is 192 Å². The molecule has 2 N–H and O–H groups in total. The predicted molar refractivity (Wildman–Crippen MR) is 127 cm³/mol. The van der Waals surface area contributed by atoms with Gasteiger partial charge < -0.3 is 20.1 Å². The van der Waals surface area contributed by atoms with Crippen molar-refractivity contribution in [3.63, 3.8) is 0 Å². The van der Waals surface area contributed by atoms with E-state index >= 15 is 0 Å². The Hall–Kier alpha value is -4.13. The highest BCUT2D eigenvalue weighted by Gasteiger charge is 2.14. The first-order valence-electron chi connectivity index (χ1n) is 10.4. The second-order valence-electron chi connectivity index (χ2n) is 7.61. The van der Waals surface area contributed by atoms with Crippen molar-refractivity contribution in [1.82, 2.24) is 0 Å². The van der Waals surface area contributed by atoms with Crippen LogP contribution in [0.2, 0.25) is 0 Å². The summed E-state index contributed by atoms with van der Waals surface area (Å²) < 4.78 is 10.8. The zero-order valence-corrected chi connectivity index (χ0v) is 19.0. The predicted octanol–water partition coefficient (Wildman–Crippen LogP) is 4.81. The van der Waals surface area contributed by atoms with Crippen LogP contribution in [0.5, 0.6) is 11.5 Å². The molecule has 7 nitrogen and oxygen atoms in total. The van der Waals surface area contributed by atoms with E-state index in [0.29, 0.717) is 22.7 Å². The molecular weight excluding hydrogens is 420 g/mol. The van der Waals surface area contributed by atoms with Crippen molar-refractivity contribution in [1.29, 1.82) is 0 Å². The van der Waals surface area contributed by atoms with Gasteiger partial charge in [-0.05, 0) is 67.8 Å². The molecule has 33 heavy (non-hydrogen) atoms. The van der Waals surface area contributed by atoms with E-state index in [-0.39, 0.29) is 18.3 Å². The number of anilines is 2. The molecule has 0 saturated heterocycles. The minimum atomic E-state index is -0.473. The Morgan fingerprint density at radius 1 is 0.818 bits per heavy atom. The van der Waals surface area contributed by atoms with E-state index in [9.17, 15) is 14.4 Å². The molecule has 0 radical (unpaired) electrons. The molecule has 3 aromatic carbocycles. The number of aryl methyl sites for hydroxylation is 2. The minimum Gasteiger partial charge on any atom is -0.483 e. The lowest BCUT2D eigenvalue weighted by Gasteiger charge is -2.15. The number of hydrogen-bond donors (Lipinski definition) is 2.